The van der Waals surface area contributed by atoms with Crippen molar-refractivity contribution in [1.82, 2.24) is 0 Å². The molecule has 0 amide bonds. The highest BCUT2D eigenvalue weighted by Gasteiger charge is 2.11. The van der Waals surface area contributed by atoms with E-state index in [1.807, 2.05) is 6.92 Å². The second kappa shape index (κ2) is 8.32. The number of rotatable bonds is 2. The van der Waals surface area contributed by atoms with Crippen LogP contribution in [0.15, 0.2) is 114 Å². The maximum atomic E-state index is 10.5. The van der Waals surface area contributed by atoms with Gasteiger partial charge >= 0.3 is 0 Å². The summed E-state index contributed by atoms with van der Waals surface area (Å²) >= 11 is 0. The highest BCUT2D eigenvalue weighted by atomic mass is 32.2. The lowest BCUT2D eigenvalue weighted by Crippen LogP contribution is -1.96. The van der Waals surface area contributed by atoms with Crippen molar-refractivity contribution in [3.63, 3.8) is 0 Å². The van der Waals surface area contributed by atoms with Gasteiger partial charge in [0, 0.05) is 0 Å². The van der Waals surface area contributed by atoms with Crippen molar-refractivity contribution in [1.29, 1.82) is 0 Å². The van der Waals surface area contributed by atoms with Gasteiger partial charge < -0.3 is 0 Å². The molecule has 162 valence electrons. The lowest BCUT2D eigenvalue weighted by Gasteiger charge is -2.14. The molecule has 0 unspecified atom stereocenters. The predicted octanol–water partition coefficient (Wildman–Crippen LogP) is 7.49. The summed E-state index contributed by atoms with van der Waals surface area (Å²) in [6.07, 6.45) is 0. The van der Waals surface area contributed by atoms with Crippen LogP contribution in [0.3, 0.4) is 0 Å². The molecule has 0 fully saturated rings. The SMILES string of the molecule is Cc1ccc(S(=O)(=O)O)cc1.c1ccc(-c2ccc3ccc4cccc5ccc2c3c45)cc1. The number of aryl methyl sites for hydroxylation is 1. The monoisotopic (exact) mass is 450 g/mol. The standard InChI is InChI=1S/C22H14.C7H8O3S/c1-2-5-15(6-3-1)19-13-11-18-10-9-16-7-4-8-17-12-14-20(19)22(18)21(16)17;1-6-2-4-7(5-3-6)11(8,9)10/h1-14H;2-5H,1H3,(H,8,9,10). The van der Waals surface area contributed by atoms with Gasteiger partial charge in [-0.25, -0.2) is 0 Å². The van der Waals surface area contributed by atoms with Crippen LogP contribution in [0, 0.1) is 6.92 Å². The summed E-state index contributed by atoms with van der Waals surface area (Å²) in [4.78, 5) is -0.0666. The molecule has 0 aromatic heterocycles. The first-order chi connectivity index (χ1) is 15.9. The molecule has 0 aliphatic rings. The highest BCUT2D eigenvalue weighted by molar-refractivity contribution is 7.85. The van der Waals surface area contributed by atoms with Crippen LogP contribution in [0.2, 0.25) is 0 Å². The maximum Gasteiger partial charge on any atom is 0.294 e. The van der Waals surface area contributed by atoms with Gasteiger partial charge in [0.05, 0.1) is 4.90 Å². The van der Waals surface area contributed by atoms with E-state index < -0.39 is 10.1 Å². The van der Waals surface area contributed by atoms with Crippen molar-refractivity contribution in [3.05, 3.63) is 115 Å². The Bertz CT molecular complexity index is 1650. The normalized spacial score (nSPS) is 11.6. The first-order valence-electron chi connectivity index (χ1n) is 10.7. The van der Waals surface area contributed by atoms with Crippen LogP contribution in [0.4, 0.5) is 0 Å². The number of hydrogen-bond donors (Lipinski definition) is 1. The third kappa shape index (κ3) is 4.07. The Hall–Kier alpha value is -3.73. The van der Waals surface area contributed by atoms with Crippen LogP contribution in [0.1, 0.15) is 5.56 Å². The average molecular weight is 451 g/mol. The molecule has 1 N–H and O–H groups in total. The Morgan fingerprint density at radius 2 is 1.15 bits per heavy atom. The fourth-order valence-corrected chi connectivity index (χ4v) is 4.80. The van der Waals surface area contributed by atoms with Crippen LogP contribution in [-0.2, 0) is 10.1 Å². The number of hydrogen-bond acceptors (Lipinski definition) is 2. The molecule has 0 heterocycles. The van der Waals surface area contributed by atoms with E-state index in [4.69, 9.17) is 4.55 Å². The average Bonchev–Trinajstić information content (AvgIpc) is 2.83. The summed E-state index contributed by atoms with van der Waals surface area (Å²) < 4.78 is 29.6. The van der Waals surface area contributed by atoms with E-state index in [9.17, 15) is 8.42 Å². The van der Waals surface area contributed by atoms with Crippen LogP contribution in [0.25, 0.3) is 43.4 Å². The van der Waals surface area contributed by atoms with E-state index in [1.165, 1.54) is 55.6 Å². The molecule has 0 aliphatic carbocycles. The smallest absolute Gasteiger partial charge is 0.282 e. The second-order valence-corrected chi connectivity index (χ2v) is 9.54. The van der Waals surface area contributed by atoms with E-state index in [0.717, 1.165) is 5.56 Å². The van der Waals surface area contributed by atoms with Gasteiger partial charge in [-0.3, -0.25) is 4.55 Å². The molecule has 0 saturated carbocycles. The van der Waals surface area contributed by atoms with Crippen molar-refractivity contribution in [3.8, 4) is 11.1 Å². The highest BCUT2D eigenvalue weighted by Crippen LogP contribution is 2.38. The van der Waals surface area contributed by atoms with Crippen LogP contribution >= 0.6 is 0 Å². The van der Waals surface area contributed by atoms with Crippen LogP contribution in [0.5, 0.6) is 0 Å². The molecule has 3 nitrogen and oxygen atoms in total. The van der Waals surface area contributed by atoms with Crippen molar-refractivity contribution in [2.45, 2.75) is 11.8 Å². The van der Waals surface area contributed by atoms with E-state index in [-0.39, 0.29) is 4.90 Å². The van der Waals surface area contributed by atoms with Gasteiger partial charge in [-0.05, 0) is 62.5 Å². The first-order valence-corrected chi connectivity index (χ1v) is 12.1. The topological polar surface area (TPSA) is 54.4 Å². The van der Waals surface area contributed by atoms with Crippen molar-refractivity contribution in [2.75, 3.05) is 0 Å². The molecule has 0 aliphatic heterocycles. The Morgan fingerprint density at radius 1 is 0.576 bits per heavy atom. The molecule has 33 heavy (non-hydrogen) atoms. The summed E-state index contributed by atoms with van der Waals surface area (Å²) in [6, 6.07) is 36.7. The molecule has 0 spiro atoms. The van der Waals surface area contributed by atoms with Crippen LogP contribution < -0.4 is 0 Å². The maximum absolute atomic E-state index is 10.5. The third-order valence-corrected chi connectivity index (χ3v) is 6.80. The summed E-state index contributed by atoms with van der Waals surface area (Å²) in [6.45, 7) is 1.84. The van der Waals surface area contributed by atoms with Gasteiger partial charge in [0.1, 0.15) is 0 Å². The largest absolute Gasteiger partial charge is 0.294 e. The van der Waals surface area contributed by atoms with E-state index in [0.29, 0.717) is 0 Å². The van der Waals surface area contributed by atoms with Gasteiger partial charge in [0.15, 0.2) is 0 Å². The molecule has 6 aromatic rings. The zero-order chi connectivity index (χ0) is 23.0. The third-order valence-electron chi connectivity index (χ3n) is 5.93. The van der Waals surface area contributed by atoms with Gasteiger partial charge in [0.2, 0.25) is 0 Å². The van der Waals surface area contributed by atoms with Crippen LogP contribution in [-0.4, -0.2) is 13.0 Å². The second-order valence-electron chi connectivity index (χ2n) is 8.12. The minimum absolute atomic E-state index is 0.0666. The Morgan fingerprint density at radius 3 is 1.79 bits per heavy atom. The lowest BCUT2D eigenvalue weighted by atomic mass is 9.90. The fourth-order valence-electron chi connectivity index (χ4n) is 4.31. The number of benzene rings is 6. The minimum atomic E-state index is -4.02. The predicted molar refractivity (Wildman–Crippen MR) is 137 cm³/mol. The molecule has 0 atom stereocenters. The summed E-state index contributed by atoms with van der Waals surface area (Å²) in [5.41, 5.74) is 3.55. The van der Waals surface area contributed by atoms with Gasteiger partial charge in [0.25, 0.3) is 10.1 Å². The van der Waals surface area contributed by atoms with Gasteiger partial charge in [-0.1, -0.05) is 103 Å². The summed E-state index contributed by atoms with van der Waals surface area (Å²) in [5, 5.41) is 8.07. The van der Waals surface area contributed by atoms with E-state index in [1.54, 1.807) is 12.1 Å². The summed E-state index contributed by atoms with van der Waals surface area (Å²) in [5.74, 6) is 0. The molecule has 4 heteroatoms. The molecule has 0 radical (unpaired) electrons. The first kappa shape index (κ1) is 21.1. The van der Waals surface area contributed by atoms with Crippen molar-refractivity contribution < 1.29 is 13.0 Å². The van der Waals surface area contributed by atoms with E-state index in [2.05, 4.69) is 84.9 Å². The minimum Gasteiger partial charge on any atom is -0.282 e. The summed E-state index contributed by atoms with van der Waals surface area (Å²) in [7, 11) is -4.02. The molecule has 6 aromatic carbocycles. The van der Waals surface area contributed by atoms with E-state index >= 15 is 0 Å². The quantitative estimate of drug-likeness (QED) is 0.220. The van der Waals surface area contributed by atoms with Crippen molar-refractivity contribution in [2.24, 2.45) is 0 Å². The molecular weight excluding hydrogens is 428 g/mol. The lowest BCUT2D eigenvalue weighted by molar-refractivity contribution is 0.483. The molecular formula is C29H22O3S. The fraction of sp³-hybridized carbons (Fsp3) is 0.0345. The Balaban J connectivity index is 0.000000177. The zero-order valence-electron chi connectivity index (χ0n) is 18.1. The Labute approximate surface area is 193 Å². The van der Waals surface area contributed by atoms with Gasteiger partial charge in [-0.2, -0.15) is 8.42 Å². The molecule has 6 rings (SSSR count). The zero-order valence-corrected chi connectivity index (χ0v) is 18.9. The Kier molecular flexibility index (Phi) is 5.33. The van der Waals surface area contributed by atoms with Crippen molar-refractivity contribution >= 4 is 42.4 Å². The van der Waals surface area contributed by atoms with Gasteiger partial charge in [-0.15, -0.1) is 0 Å². The molecule has 0 bridgehead atoms. The molecule has 0 saturated heterocycles.